The lowest BCUT2D eigenvalue weighted by Gasteiger charge is -2.22. The highest BCUT2D eigenvalue weighted by Crippen LogP contribution is 2.31. The summed E-state index contributed by atoms with van der Waals surface area (Å²) in [4.78, 5) is 15.5. The fourth-order valence-electron chi connectivity index (χ4n) is 3.27. The molecule has 3 heterocycles. The first-order chi connectivity index (χ1) is 14.1. The summed E-state index contributed by atoms with van der Waals surface area (Å²) in [5.74, 6) is 1.28. The smallest absolute Gasteiger partial charge is 0.166 e. The number of benzene rings is 1. The molecule has 0 saturated heterocycles. The van der Waals surface area contributed by atoms with E-state index in [2.05, 4.69) is 10.3 Å². The minimum atomic E-state index is -0.0293. The molecule has 9 heteroatoms. The number of para-hydroxylation sites is 1. The van der Waals surface area contributed by atoms with E-state index in [1.807, 2.05) is 46.6 Å². The molecule has 0 unspecified atom stereocenters. The standard InChI is InChI=1S/C20H21ClN6O2/c1-13-3-2-4-14(21)18(13)25-19-16-11-22-12-27(16)20-15(23-19)5-6-17(24-20)26(7-9-28)8-10-29/h2-6,11-12,28-29H,7-10H2,1H3,(H,23,25). The number of aliphatic hydroxyl groups excluding tert-OH is 2. The van der Waals surface area contributed by atoms with Crippen molar-refractivity contribution in [2.45, 2.75) is 6.92 Å². The van der Waals surface area contributed by atoms with Gasteiger partial charge in [0.05, 0.1) is 30.1 Å². The first-order valence-corrected chi connectivity index (χ1v) is 9.62. The highest BCUT2D eigenvalue weighted by molar-refractivity contribution is 6.33. The molecule has 0 spiro atoms. The average molecular weight is 413 g/mol. The number of nitrogens with one attached hydrogen (secondary N) is 1. The summed E-state index contributed by atoms with van der Waals surface area (Å²) in [7, 11) is 0. The number of aliphatic hydroxyl groups is 2. The lowest BCUT2D eigenvalue weighted by Crippen LogP contribution is -2.30. The molecule has 0 radical (unpaired) electrons. The minimum Gasteiger partial charge on any atom is -0.395 e. The van der Waals surface area contributed by atoms with E-state index in [4.69, 9.17) is 21.6 Å². The summed E-state index contributed by atoms with van der Waals surface area (Å²) in [5, 5.41) is 22.5. The first kappa shape index (κ1) is 19.4. The van der Waals surface area contributed by atoms with Gasteiger partial charge in [0.25, 0.3) is 0 Å². The Morgan fingerprint density at radius 2 is 1.90 bits per heavy atom. The van der Waals surface area contributed by atoms with Gasteiger partial charge in [-0.25, -0.2) is 15.0 Å². The number of rotatable bonds is 7. The molecule has 0 atom stereocenters. The van der Waals surface area contributed by atoms with E-state index in [0.717, 1.165) is 16.8 Å². The molecular formula is C20H21ClN6O2. The van der Waals surface area contributed by atoms with Gasteiger partial charge in [0.15, 0.2) is 11.5 Å². The van der Waals surface area contributed by atoms with Crippen molar-refractivity contribution in [3.63, 3.8) is 0 Å². The van der Waals surface area contributed by atoms with Crippen LogP contribution in [0.5, 0.6) is 0 Å². The van der Waals surface area contributed by atoms with Crippen LogP contribution in [0.2, 0.25) is 5.02 Å². The monoisotopic (exact) mass is 412 g/mol. The Kier molecular flexibility index (Phi) is 5.48. The van der Waals surface area contributed by atoms with Crippen molar-refractivity contribution in [3.05, 3.63) is 53.4 Å². The van der Waals surface area contributed by atoms with Crippen LogP contribution in [-0.4, -0.2) is 55.9 Å². The predicted molar refractivity (Wildman–Crippen MR) is 114 cm³/mol. The van der Waals surface area contributed by atoms with Crippen molar-refractivity contribution in [2.75, 3.05) is 36.5 Å². The third-order valence-electron chi connectivity index (χ3n) is 4.71. The van der Waals surface area contributed by atoms with Crippen LogP contribution < -0.4 is 10.2 Å². The summed E-state index contributed by atoms with van der Waals surface area (Å²) in [6, 6.07) is 9.41. The molecule has 0 aliphatic heterocycles. The minimum absolute atomic E-state index is 0.0293. The molecule has 4 rings (SSSR count). The van der Waals surface area contributed by atoms with E-state index >= 15 is 0 Å². The molecule has 8 nitrogen and oxygen atoms in total. The topological polar surface area (TPSA) is 98.8 Å². The Morgan fingerprint density at radius 3 is 2.62 bits per heavy atom. The number of nitrogens with zero attached hydrogens (tertiary/aromatic N) is 5. The van der Waals surface area contributed by atoms with Gasteiger partial charge in [-0.05, 0) is 30.7 Å². The lowest BCUT2D eigenvalue weighted by molar-refractivity contribution is 0.280. The van der Waals surface area contributed by atoms with Crippen LogP contribution in [0.1, 0.15) is 5.56 Å². The second-order valence-electron chi connectivity index (χ2n) is 6.61. The van der Waals surface area contributed by atoms with Gasteiger partial charge < -0.3 is 20.4 Å². The normalized spacial score (nSPS) is 11.3. The van der Waals surface area contributed by atoms with Crippen molar-refractivity contribution < 1.29 is 10.2 Å². The maximum absolute atomic E-state index is 9.30. The molecule has 1 aromatic carbocycles. The first-order valence-electron chi connectivity index (χ1n) is 9.24. The van der Waals surface area contributed by atoms with Crippen LogP contribution in [0.15, 0.2) is 42.9 Å². The Hall–Kier alpha value is -2.94. The molecule has 29 heavy (non-hydrogen) atoms. The van der Waals surface area contributed by atoms with E-state index in [-0.39, 0.29) is 13.2 Å². The van der Waals surface area contributed by atoms with Crippen LogP contribution in [0.4, 0.5) is 17.3 Å². The molecule has 3 N–H and O–H groups in total. The van der Waals surface area contributed by atoms with E-state index in [9.17, 15) is 10.2 Å². The van der Waals surface area contributed by atoms with E-state index in [1.165, 1.54) is 0 Å². The van der Waals surface area contributed by atoms with Gasteiger partial charge in [-0.1, -0.05) is 23.7 Å². The summed E-state index contributed by atoms with van der Waals surface area (Å²) in [5.41, 5.74) is 3.88. The Bertz CT molecular complexity index is 1140. The molecule has 0 fully saturated rings. The van der Waals surface area contributed by atoms with Gasteiger partial charge in [-0.3, -0.25) is 4.40 Å². The van der Waals surface area contributed by atoms with Gasteiger partial charge >= 0.3 is 0 Å². The maximum atomic E-state index is 9.30. The Balaban J connectivity index is 1.82. The molecule has 3 aromatic heterocycles. The molecule has 0 aliphatic carbocycles. The van der Waals surface area contributed by atoms with Crippen molar-refractivity contribution >= 4 is 45.6 Å². The summed E-state index contributed by atoms with van der Waals surface area (Å²) >= 11 is 6.37. The highest BCUT2D eigenvalue weighted by atomic mass is 35.5. The largest absolute Gasteiger partial charge is 0.395 e. The van der Waals surface area contributed by atoms with Gasteiger partial charge in [-0.2, -0.15) is 0 Å². The number of anilines is 3. The van der Waals surface area contributed by atoms with Crippen LogP contribution in [-0.2, 0) is 0 Å². The van der Waals surface area contributed by atoms with E-state index < -0.39 is 0 Å². The Labute approximate surface area is 172 Å². The molecule has 150 valence electrons. The molecular weight excluding hydrogens is 392 g/mol. The van der Waals surface area contributed by atoms with Crippen molar-refractivity contribution in [3.8, 4) is 0 Å². The van der Waals surface area contributed by atoms with Crippen LogP contribution in [0.3, 0.4) is 0 Å². The quantitative estimate of drug-likeness (QED) is 0.429. The van der Waals surface area contributed by atoms with E-state index in [0.29, 0.717) is 40.9 Å². The second-order valence-corrected chi connectivity index (χ2v) is 7.02. The number of aryl methyl sites for hydroxylation is 1. The van der Waals surface area contributed by atoms with Crippen LogP contribution in [0.25, 0.3) is 16.7 Å². The molecule has 4 aromatic rings. The number of pyridine rings is 1. The second kappa shape index (κ2) is 8.20. The van der Waals surface area contributed by atoms with E-state index in [1.54, 1.807) is 12.5 Å². The number of hydrogen-bond donors (Lipinski definition) is 3. The lowest BCUT2D eigenvalue weighted by atomic mass is 10.2. The zero-order valence-corrected chi connectivity index (χ0v) is 16.6. The molecule has 0 aliphatic rings. The van der Waals surface area contributed by atoms with Gasteiger partial charge in [0.2, 0.25) is 0 Å². The summed E-state index contributed by atoms with van der Waals surface area (Å²) < 4.78 is 1.86. The zero-order chi connectivity index (χ0) is 20.4. The van der Waals surface area contributed by atoms with Crippen molar-refractivity contribution in [2.24, 2.45) is 0 Å². The van der Waals surface area contributed by atoms with Gasteiger partial charge in [0.1, 0.15) is 23.2 Å². The molecule has 0 bridgehead atoms. The number of imidazole rings is 1. The predicted octanol–water partition coefficient (Wildman–Crippen LogP) is 2.77. The van der Waals surface area contributed by atoms with Gasteiger partial charge in [0, 0.05) is 13.1 Å². The molecule has 0 saturated carbocycles. The van der Waals surface area contributed by atoms with Crippen molar-refractivity contribution in [1.82, 2.24) is 19.4 Å². The number of hydrogen-bond acceptors (Lipinski definition) is 7. The number of fused-ring (bicyclic) bond motifs is 3. The molecule has 0 amide bonds. The maximum Gasteiger partial charge on any atom is 0.166 e. The fraction of sp³-hybridized carbons (Fsp3) is 0.250. The third kappa shape index (κ3) is 3.69. The highest BCUT2D eigenvalue weighted by Gasteiger charge is 2.15. The zero-order valence-electron chi connectivity index (χ0n) is 15.9. The Morgan fingerprint density at radius 1 is 1.10 bits per heavy atom. The van der Waals surface area contributed by atoms with Gasteiger partial charge in [-0.15, -0.1) is 0 Å². The number of aromatic nitrogens is 4. The van der Waals surface area contributed by atoms with Crippen LogP contribution in [0, 0.1) is 6.92 Å². The van der Waals surface area contributed by atoms with Crippen LogP contribution >= 0.6 is 11.6 Å². The summed E-state index contributed by atoms with van der Waals surface area (Å²) in [6.45, 7) is 2.68. The SMILES string of the molecule is Cc1cccc(Cl)c1Nc1nc2ccc(N(CCO)CCO)nc2n2cncc12. The average Bonchev–Trinajstić information content (AvgIpc) is 3.21. The van der Waals surface area contributed by atoms with Crippen molar-refractivity contribution in [1.29, 1.82) is 0 Å². The fourth-order valence-corrected chi connectivity index (χ4v) is 3.54. The summed E-state index contributed by atoms with van der Waals surface area (Å²) in [6.07, 6.45) is 3.40. The third-order valence-corrected chi connectivity index (χ3v) is 5.03. The number of halogens is 1.